The quantitative estimate of drug-likeness (QED) is 0.345. The van der Waals surface area contributed by atoms with Crippen LogP contribution in [0.2, 0.25) is 0 Å². The highest BCUT2D eigenvalue weighted by molar-refractivity contribution is 7.87. The summed E-state index contributed by atoms with van der Waals surface area (Å²) in [5, 5.41) is 1.30. The molecule has 0 aliphatic carbocycles. The predicted molar refractivity (Wildman–Crippen MR) is 163 cm³/mol. The number of nitrogens with zero attached hydrogens (tertiary/aromatic N) is 5. The Morgan fingerprint density at radius 3 is 2.52 bits per heavy atom. The maximum Gasteiger partial charge on any atom is 0.319 e. The molecule has 2 aromatic heterocycles. The lowest BCUT2D eigenvalue weighted by Crippen LogP contribution is -2.56. The second-order valence-corrected chi connectivity index (χ2v) is 14.1. The number of anilines is 1. The fraction of sp³-hybridized carbons (Fsp3) is 0.452. The normalized spacial score (nSPS) is 24.5. The van der Waals surface area contributed by atoms with E-state index < -0.39 is 27.4 Å². The van der Waals surface area contributed by atoms with Gasteiger partial charge in [0.1, 0.15) is 29.5 Å². The molecular weight excluding hydrogens is 588 g/mol. The number of pyridine rings is 1. The standard InChI is InChI=1S/C31H33F2N7O3S/c32-23-9-2-7-20-6-1-8-21(24(20)23)26-25(33)27-22(16-34-26)28(39-13-3-10-30(18-39)17-35-44(41,42)38-30)37-29(36-27)43-19-31-11-4-14-40(31)15-5-12-31/h1-2,6-9,16,35,38H,3-5,10-15,17-19H2. The van der Waals surface area contributed by atoms with Crippen molar-refractivity contribution in [1.82, 2.24) is 29.3 Å². The van der Waals surface area contributed by atoms with Gasteiger partial charge in [0.25, 0.3) is 10.2 Å². The molecule has 0 radical (unpaired) electrons. The van der Waals surface area contributed by atoms with Gasteiger partial charge in [-0.1, -0.05) is 30.3 Å². The third kappa shape index (κ3) is 4.59. The molecular formula is C31H33F2N7O3S. The van der Waals surface area contributed by atoms with Gasteiger partial charge >= 0.3 is 6.01 Å². The number of fused-ring (bicyclic) bond motifs is 3. The van der Waals surface area contributed by atoms with E-state index in [9.17, 15) is 8.42 Å². The van der Waals surface area contributed by atoms with Gasteiger partial charge in [-0.25, -0.2) is 13.5 Å². The molecule has 2 aromatic carbocycles. The Labute approximate surface area is 254 Å². The number of rotatable bonds is 5. The fourth-order valence-electron chi connectivity index (χ4n) is 7.80. The average molecular weight is 622 g/mol. The minimum absolute atomic E-state index is 0.0111. The van der Waals surface area contributed by atoms with Crippen molar-refractivity contribution >= 4 is 37.7 Å². The smallest absolute Gasteiger partial charge is 0.319 e. The molecule has 0 bridgehead atoms. The second kappa shape index (κ2) is 10.3. The molecule has 4 aromatic rings. The van der Waals surface area contributed by atoms with Gasteiger partial charge in [-0.15, -0.1) is 0 Å². The molecule has 44 heavy (non-hydrogen) atoms. The number of hydrogen-bond acceptors (Lipinski definition) is 8. The van der Waals surface area contributed by atoms with E-state index in [1.807, 2.05) is 4.90 Å². The molecule has 0 amide bonds. The number of benzene rings is 2. The Morgan fingerprint density at radius 1 is 0.977 bits per heavy atom. The van der Waals surface area contributed by atoms with Crippen LogP contribution in [0.5, 0.6) is 6.01 Å². The van der Waals surface area contributed by atoms with Crippen molar-refractivity contribution in [2.24, 2.45) is 0 Å². The van der Waals surface area contributed by atoms with Crippen LogP contribution in [0.3, 0.4) is 0 Å². The molecule has 1 unspecified atom stereocenters. The summed E-state index contributed by atoms with van der Waals surface area (Å²) in [6, 6.07) is 10.00. The van der Waals surface area contributed by atoms with E-state index in [0.717, 1.165) is 38.8 Å². The van der Waals surface area contributed by atoms with E-state index in [1.165, 1.54) is 12.3 Å². The van der Waals surface area contributed by atoms with Gasteiger partial charge in [0, 0.05) is 36.8 Å². The molecule has 2 N–H and O–H groups in total. The lowest BCUT2D eigenvalue weighted by Gasteiger charge is -2.40. The van der Waals surface area contributed by atoms with Crippen molar-refractivity contribution in [3.8, 4) is 17.3 Å². The summed E-state index contributed by atoms with van der Waals surface area (Å²) in [5.41, 5.74) is -0.431. The highest BCUT2D eigenvalue weighted by atomic mass is 32.2. The maximum absolute atomic E-state index is 16.6. The third-order valence-corrected chi connectivity index (χ3v) is 11.1. The van der Waals surface area contributed by atoms with Gasteiger partial charge in [0.2, 0.25) is 0 Å². The van der Waals surface area contributed by atoms with E-state index >= 15 is 8.78 Å². The number of halogens is 2. The lowest BCUT2D eigenvalue weighted by molar-refractivity contribution is 0.108. The third-order valence-electron chi connectivity index (χ3n) is 9.86. The predicted octanol–water partition coefficient (Wildman–Crippen LogP) is 3.91. The first-order valence-electron chi connectivity index (χ1n) is 15.2. The maximum atomic E-state index is 16.6. The number of nitrogens with one attached hydrogen (secondary N) is 2. The first-order chi connectivity index (χ1) is 21.2. The summed E-state index contributed by atoms with van der Waals surface area (Å²) in [4.78, 5) is 18.3. The second-order valence-electron chi connectivity index (χ2n) is 12.6. The molecule has 8 rings (SSSR count). The zero-order chi connectivity index (χ0) is 30.1. The van der Waals surface area contributed by atoms with Crippen molar-refractivity contribution < 1.29 is 21.9 Å². The molecule has 230 valence electrons. The van der Waals surface area contributed by atoms with Gasteiger partial charge in [-0.3, -0.25) is 9.88 Å². The fourth-order valence-corrected chi connectivity index (χ4v) is 9.15. The van der Waals surface area contributed by atoms with Gasteiger partial charge in [-0.05, 0) is 63.1 Å². The van der Waals surface area contributed by atoms with Crippen LogP contribution in [0.25, 0.3) is 32.9 Å². The zero-order valence-electron chi connectivity index (χ0n) is 24.2. The minimum atomic E-state index is -3.59. The Balaban J connectivity index is 1.25. The minimum Gasteiger partial charge on any atom is -0.461 e. The SMILES string of the molecule is O=S1(=O)NCC2(CCCN(c3nc(OCC45CCCN4CCC5)nc4c(F)c(-c5cccc6cccc(F)c56)ncc34)C2)N1. The lowest BCUT2D eigenvalue weighted by atomic mass is 9.90. The van der Waals surface area contributed by atoms with Crippen molar-refractivity contribution in [2.45, 2.75) is 49.6 Å². The summed E-state index contributed by atoms with van der Waals surface area (Å²) >= 11 is 0. The molecule has 1 spiro atoms. The average Bonchev–Trinajstić information content (AvgIpc) is 3.68. The molecule has 6 heterocycles. The molecule has 4 aliphatic heterocycles. The topological polar surface area (TPSA) is 113 Å². The summed E-state index contributed by atoms with van der Waals surface area (Å²) in [7, 11) is -3.59. The molecule has 13 heteroatoms. The Bertz CT molecular complexity index is 1890. The van der Waals surface area contributed by atoms with Gasteiger partial charge in [0.15, 0.2) is 5.82 Å². The molecule has 1 atom stereocenters. The number of hydrogen-bond donors (Lipinski definition) is 2. The van der Waals surface area contributed by atoms with Crippen LogP contribution < -0.4 is 19.1 Å². The van der Waals surface area contributed by atoms with Gasteiger partial charge in [0.05, 0.1) is 16.5 Å². The first-order valence-corrected chi connectivity index (χ1v) is 16.7. The van der Waals surface area contributed by atoms with Crippen molar-refractivity contribution in [3.05, 3.63) is 54.2 Å². The van der Waals surface area contributed by atoms with E-state index in [0.29, 0.717) is 54.7 Å². The molecule has 4 aliphatic rings. The number of ether oxygens (including phenoxy) is 1. The first kappa shape index (κ1) is 28.0. The van der Waals surface area contributed by atoms with Crippen LogP contribution in [0.1, 0.15) is 38.5 Å². The van der Waals surface area contributed by atoms with E-state index in [2.05, 4.69) is 24.3 Å². The van der Waals surface area contributed by atoms with Gasteiger partial charge in [-0.2, -0.15) is 23.1 Å². The van der Waals surface area contributed by atoms with Crippen molar-refractivity contribution in [1.29, 1.82) is 0 Å². The molecule has 4 saturated heterocycles. The highest BCUT2D eigenvalue weighted by Crippen LogP contribution is 2.40. The van der Waals surface area contributed by atoms with Gasteiger partial charge < -0.3 is 9.64 Å². The van der Waals surface area contributed by atoms with Crippen LogP contribution in [-0.2, 0) is 10.2 Å². The van der Waals surface area contributed by atoms with Crippen molar-refractivity contribution in [2.75, 3.05) is 44.2 Å². The molecule has 0 saturated carbocycles. The molecule has 10 nitrogen and oxygen atoms in total. The Hall–Kier alpha value is -3.52. The number of aromatic nitrogens is 3. The Morgan fingerprint density at radius 2 is 1.75 bits per heavy atom. The van der Waals surface area contributed by atoms with Crippen LogP contribution in [0.4, 0.5) is 14.6 Å². The Kier molecular flexibility index (Phi) is 6.53. The highest BCUT2D eigenvalue weighted by Gasteiger charge is 2.46. The van der Waals surface area contributed by atoms with Crippen LogP contribution in [0.15, 0.2) is 42.6 Å². The van der Waals surface area contributed by atoms with E-state index in [-0.39, 0.29) is 34.7 Å². The summed E-state index contributed by atoms with van der Waals surface area (Å²) < 4.78 is 67.9. The van der Waals surface area contributed by atoms with E-state index in [4.69, 9.17) is 9.72 Å². The summed E-state index contributed by atoms with van der Waals surface area (Å²) in [5.74, 6) is -0.720. The largest absolute Gasteiger partial charge is 0.461 e. The summed E-state index contributed by atoms with van der Waals surface area (Å²) in [6.07, 6.45) is 7.17. The molecule has 4 fully saturated rings. The van der Waals surface area contributed by atoms with Crippen molar-refractivity contribution in [3.63, 3.8) is 0 Å². The monoisotopic (exact) mass is 621 g/mol. The number of piperidine rings is 1. The summed E-state index contributed by atoms with van der Waals surface area (Å²) in [6.45, 7) is 3.65. The zero-order valence-corrected chi connectivity index (χ0v) is 25.0. The van der Waals surface area contributed by atoms with E-state index in [1.54, 1.807) is 30.3 Å². The van der Waals surface area contributed by atoms with Crippen LogP contribution >= 0.6 is 0 Å². The van der Waals surface area contributed by atoms with Crippen LogP contribution in [-0.4, -0.2) is 78.7 Å². The van der Waals surface area contributed by atoms with Crippen LogP contribution in [0, 0.1) is 11.6 Å².